The van der Waals surface area contributed by atoms with Crippen molar-refractivity contribution in [2.75, 3.05) is 26.9 Å². The molecule has 3 heterocycles. The molecule has 1 atom stereocenters. The summed E-state index contributed by atoms with van der Waals surface area (Å²) >= 11 is 0. The Hall–Kier alpha value is -2.80. The van der Waals surface area contributed by atoms with Crippen LogP contribution in [0.5, 0.6) is 11.6 Å². The third-order valence-electron chi connectivity index (χ3n) is 5.21. The second-order valence-electron chi connectivity index (χ2n) is 7.23. The number of pyridine rings is 1. The molecule has 29 heavy (non-hydrogen) atoms. The van der Waals surface area contributed by atoms with Gasteiger partial charge in [0.2, 0.25) is 5.88 Å². The summed E-state index contributed by atoms with van der Waals surface area (Å²) in [6.45, 7) is 2.84. The van der Waals surface area contributed by atoms with Gasteiger partial charge in [-0.25, -0.2) is 4.98 Å². The lowest BCUT2D eigenvalue weighted by Crippen LogP contribution is -2.40. The molecule has 2 aliphatic heterocycles. The lowest BCUT2D eigenvalue weighted by atomic mass is 10.0. The molecule has 7 nitrogen and oxygen atoms in total. The maximum atomic E-state index is 6.01. The Kier molecular flexibility index (Phi) is 6.46. The number of nitrogens with one attached hydrogen (secondary N) is 2. The van der Waals surface area contributed by atoms with Gasteiger partial charge in [-0.05, 0) is 17.7 Å². The van der Waals surface area contributed by atoms with E-state index in [0.717, 1.165) is 55.3 Å². The Morgan fingerprint density at radius 3 is 2.90 bits per heavy atom. The lowest BCUT2D eigenvalue weighted by Gasteiger charge is -2.28. The van der Waals surface area contributed by atoms with E-state index in [1.165, 1.54) is 0 Å². The fourth-order valence-electron chi connectivity index (χ4n) is 3.63. The molecule has 2 N–H and O–H groups in total. The van der Waals surface area contributed by atoms with Gasteiger partial charge in [-0.15, -0.1) is 0 Å². The minimum Gasteiger partial charge on any atom is -0.493 e. The normalized spacial score (nSPS) is 19.8. The van der Waals surface area contributed by atoms with Crippen LogP contribution in [-0.4, -0.2) is 43.9 Å². The van der Waals surface area contributed by atoms with Crippen LogP contribution in [0.15, 0.2) is 47.6 Å². The second kappa shape index (κ2) is 9.60. The van der Waals surface area contributed by atoms with Crippen molar-refractivity contribution in [2.45, 2.75) is 38.0 Å². The van der Waals surface area contributed by atoms with Crippen LogP contribution >= 0.6 is 0 Å². The van der Waals surface area contributed by atoms with Crippen molar-refractivity contribution in [2.24, 2.45) is 4.99 Å². The van der Waals surface area contributed by atoms with Crippen molar-refractivity contribution in [1.82, 2.24) is 15.6 Å². The number of ether oxygens (including phenoxy) is 3. The maximum absolute atomic E-state index is 6.01. The summed E-state index contributed by atoms with van der Waals surface area (Å²) in [5.41, 5.74) is 2.26. The molecule has 1 fully saturated rings. The van der Waals surface area contributed by atoms with E-state index < -0.39 is 0 Å². The predicted molar refractivity (Wildman–Crippen MR) is 111 cm³/mol. The van der Waals surface area contributed by atoms with Gasteiger partial charge >= 0.3 is 0 Å². The molecule has 0 saturated carbocycles. The van der Waals surface area contributed by atoms with Gasteiger partial charge in [-0.2, -0.15) is 0 Å². The Balaban J connectivity index is 1.34. The van der Waals surface area contributed by atoms with Gasteiger partial charge in [-0.1, -0.05) is 18.2 Å². The zero-order valence-electron chi connectivity index (χ0n) is 16.8. The summed E-state index contributed by atoms with van der Waals surface area (Å²) in [6, 6.07) is 12.3. The highest BCUT2D eigenvalue weighted by Crippen LogP contribution is 2.31. The smallest absolute Gasteiger partial charge is 0.213 e. The quantitative estimate of drug-likeness (QED) is 0.598. The molecule has 0 bridgehead atoms. The van der Waals surface area contributed by atoms with E-state index in [-0.39, 0.29) is 12.1 Å². The van der Waals surface area contributed by atoms with Crippen LogP contribution in [0.25, 0.3) is 0 Å². The average molecular weight is 396 g/mol. The summed E-state index contributed by atoms with van der Waals surface area (Å²) < 4.78 is 17.1. The molecule has 2 aliphatic rings. The van der Waals surface area contributed by atoms with E-state index in [9.17, 15) is 0 Å². The summed E-state index contributed by atoms with van der Waals surface area (Å²) in [6.07, 6.45) is 4.69. The number of rotatable bonds is 5. The van der Waals surface area contributed by atoms with Crippen molar-refractivity contribution in [3.63, 3.8) is 0 Å². The average Bonchev–Trinajstić information content (AvgIpc) is 2.78. The van der Waals surface area contributed by atoms with E-state index in [0.29, 0.717) is 19.0 Å². The Morgan fingerprint density at radius 1 is 1.17 bits per heavy atom. The number of fused-ring (bicyclic) bond motifs is 1. The molecule has 1 saturated heterocycles. The second-order valence-corrected chi connectivity index (χ2v) is 7.23. The monoisotopic (exact) mass is 396 g/mol. The number of benzene rings is 1. The number of aliphatic imine (C=N–C) groups is 1. The highest BCUT2D eigenvalue weighted by atomic mass is 16.5. The highest BCUT2D eigenvalue weighted by Gasteiger charge is 2.22. The number of aromatic nitrogens is 1. The number of para-hydroxylation sites is 1. The van der Waals surface area contributed by atoms with Crippen LogP contribution in [-0.2, 0) is 11.3 Å². The molecule has 4 rings (SSSR count). The SMILES string of the molecule is CN=C(NCc1ccnc(OC2CCOCC2)c1)NC1CCOc2ccccc21. The summed E-state index contributed by atoms with van der Waals surface area (Å²) in [4.78, 5) is 8.73. The van der Waals surface area contributed by atoms with E-state index >= 15 is 0 Å². The molecule has 1 aromatic carbocycles. The van der Waals surface area contributed by atoms with Crippen LogP contribution in [0.2, 0.25) is 0 Å². The molecule has 1 unspecified atom stereocenters. The molecule has 0 aliphatic carbocycles. The molecule has 7 heteroatoms. The van der Waals surface area contributed by atoms with Crippen molar-refractivity contribution in [1.29, 1.82) is 0 Å². The van der Waals surface area contributed by atoms with Crippen LogP contribution in [0.1, 0.15) is 36.4 Å². The van der Waals surface area contributed by atoms with Gasteiger partial charge in [0.1, 0.15) is 11.9 Å². The van der Waals surface area contributed by atoms with Crippen molar-refractivity contribution < 1.29 is 14.2 Å². The molecule has 0 amide bonds. The molecule has 2 aromatic rings. The Bertz CT molecular complexity index is 836. The van der Waals surface area contributed by atoms with Crippen LogP contribution in [0.4, 0.5) is 0 Å². The molecular formula is C22H28N4O3. The number of nitrogens with zero attached hydrogens (tertiary/aromatic N) is 2. The third kappa shape index (κ3) is 5.17. The maximum Gasteiger partial charge on any atom is 0.213 e. The van der Waals surface area contributed by atoms with Gasteiger partial charge < -0.3 is 24.8 Å². The highest BCUT2D eigenvalue weighted by molar-refractivity contribution is 5.80. The predicted octanol–water partition coefficient (Wildman–Crippen LogP) is 2.83. The van der Waals surface area contributed by atoms with E-state index in [1.807, 2.05) is 30.3 Å². The van der Waals surface area contributed by atoms with Crippen LogP contribution in [0.3, 0.4) is 0 Å². The van der Waals surface area contributed by atoms with Crippen molar-refractivity contribution in [3.8, 4) is 11.6 Å². The first-order valence-corrected chi connectivity index (χ1v) is 10.2. The Morgan fingerprint density at radius 2 is 2.03 bits per heavy atom. The fraction of sp³-hybridized carbons (Fsp3) is 0.455. The van der Waals surface area contributed by atoms with Gasteiger partial charge in [0.05, 0.1) is 25.9 Å². The molecule has 0 spiro atoms. The summed E-state index contributed by atoms with van der Waals surface area (Å²) in [7, 11) is 1.78. The molecule has 1 aromatic heterocycles. The van der Waals surface area contributed by atoms with Crippen molar-refractivity contribution in [3.05, 3.63) is 53.7 Å². The summed E-state index contributed by atoms with van der Waals surface area (Å²) in [5, 5.41) is 6.90. The topological polar surface area (TPSA) is 77.0 Å². The molecular weight excluding hydrogens is 368 g/mol. The first-order valence-electron chi connectivity index (χ1n) is 10.2. The van der Waals surface area contributed by atoms with Crippen LogP contribution in [0, 0.1) is 0 Å². The van der Waals surface area contributed by atoms with E-state index in [1.54, 1.807) is 13.2 Å². The minimum absolute atomic E-state index is 0.177. The zero-order valence-corrected chi connectivity index (χ0v) is 16.8. The summed E-state index contributed by atoms with van der Waals surface area (Å²) in [5.74, 6) is 2.36. The van der Waals surface area contributed by atoms with Crippen molar-refractivity contribution >= 4 is 5.96 Å². The molecule has 154 valence electrons. The largest absolute Gasteiger partial charge is 0.493 e. The molecule has 0 radical (unpaired) electrons. The van der Waals surface area contributed by atoms with E-state index in [2.05, 4.69) is 26.7 Å². The number of guanidine groups is 1. The first kappa shape index (κ1) is 19.5. The standard InChI is InChI=1S/C22H28N4O3/c1-23-22(26-19-9-13-28-20-5-3-2-4-18(19)20)25-15-16-6-10-24-21(14-16)29-17-7-11-27-12-8-17/h2-6,10,14,17,19H,7-9,11-13,15H2,1H3,(H2,23,25,26). The van der Waals surface area contributed by atoms with Crippen LogP contribution < -0.4 is 20.1 Å². The lowest BCUT2D eigenvalue weighted by molar-refractivity contribution is 0.0237. The number of hydrogen-bond acceptors (Lipinski definition) is 5. The minimum atomic E-state index is 0.177. The fourth-order valence-corrected chi connectivity index (χ4v) is 3.63. The first-order chi connectivity index (χ1) is 14.3. The van der Waals surface area contributed by atoms with Gasteiger partial charge in [0, 0.05) is 50.7 Å². The Labute approximate surface area is 171 Å². The van der Waals surface area contributed by atoms with Gasteiger partial charge in [-0.3, -0.25) is 4.99 Å². The zero-order chi connectivity index (χ0) is 19.9. The third-order valence-corrected chi connectivity index (χ3v) is 5.21. The van der Waals surface area contributed by atoms with Gasteiger partial charge in [0.15, 0.2) is 5.96 Å². The van der Waals surface area contributed by atoms with Gasteiger partial charge in [0.25, 0.3) is 0 Å². The number of hydrogen-bond donors (Lipinski definition) is 2. The van der Waals surface area contributed by atoms with E-state index in [4.69, 9.17) is 14.2 Å².